The average molecular weight is 425 g/mol. The number of para-hydroxylation sites is 1. The molecule has 0 aliphatic carbocycles. The molecule has 1 fully saturated rings. The number of amides is 1. The molecule has 4 atom stereocenters. The smallest absolute Gasteiger partial charge is 0.250 e. The number of fused-ring (bicyclic) bond motifs is 2. The molecule has 3 aromatic carbocycles. The molecule has 2 aliphatic rings. The van der Waals surface area contributed by atoms with Gasteiger partial charge < -0.3 is 5.32 Å². The van der Waals surface area contributed by atoms with Gasteiger partial charge in [0.25, 0.3) is 0 Å². The second-order valence-electron chi connectivity index (χ2n) is 9.33. The van der Waals surface area contributed by atoms with Crippen LogP contribution in [0.5, 0.6) is 0 Å². The van der Waals surface area contributed by atoms with E-state index in [0.29, 0.717) is 11.5 Å². The zero-order valence-corrected chi connectivity index (χ0v) is 18.4. The van der Waals surface area contributed by atoms with E-state index >= 15 is 0 Å². The van der Waals surface area contributed by atoms with Crippen molar-refractivity contribution in [3.8, 4) is 0 Å². The van der Waals surface area contributed by atoms with Crippen LogP contribution < -0.4 is 10.6 Å². The molecular formula is C28H28N2O2. The van der Waals surface area contributed by atoms with Gasteiger partial charge in [-0.3, -0.25) is 14.9 Å². The lowest BCUT2D eigenvalue weighted by molar-refractivity contribution is -0.122. The number of benzene rings is 3. The van der Waals surface area contributed by atoms with Gasteiger partial charge in [-0.15, -0.1) is 0 Å². The predicted octanol–water partition coefficient (Wildman–Crippen LogP) is 5.13. The van der Waals surface area contributed by atoms with Crippen molar-refractivity contribution in [2.75, 3.05) is 5.32 Å². The van der Waals surface area contributed by atoms with Crippen LogP contribution in [0.2, 0.25) is 0 Å². The van der Waals surface area contributed by atoms with Gasteiger partial charge in [-0.1, -0.05) is 92.7 Å². The number of carbonyl (C=O) groups excluding carboxylic acids is 2. The summed E-state index contributed by atoms with van der Waals surface area (Å²) in [7, 11) is 0. The number of anilines is 1. The van der Waals surface area contributed by atoms with Crippen molar-refractivity contribution >= 4 is 17.4 Å². The quantitative estimate of drug-likeness (QED) is 0.558. The average Bonchev–Trinajstić information content (AvgIpc) is 3.29. The van der Waals surface area contributed by atoms with Crippen LogP contribution >= 0.6 is 0 Å². The number of Topliss-reactive ketones (excluding diaryl/α,β-unsaturated/α-hetero) is 1. The first-order valence-electron chi connectivity index (χ1n) is 11.3. The maximum Gasteiger partial charge on any atom is 0.250 e. The lowest BCUT2D eigenvalue weighted by Gasteiger charge is -2.31. The zero-order chi connectivity index (χ0) is 22.3. The summed E-state index contributed by atoms with van der Waals surface area (Å²) in [5, 5.41) is 6.78. The molecule has 1 saturated heterocycles. The number of ketones is 1. The van der Waals surface area contributed by atoms with E-state index in [0.717, 1.165) is 23.2 Å². The minimum Gasteiger partial charge on any atom is -0.324 e. The fourth-order valence-electron chi connectivity index (χ4n) is 5.66. The Morgan fingerprint density at radius 2 is 1.53 bits per heavy atom. The molecule has 32 heavy (non-hydrogen) atoms. The van der Waals surface area contributed by atoms with Crippen LogP contribution in [0.1, 0.15) is 47.7 Å². The summed E-state index contributed by atoms with van der Waals surface area (Å²) < 4.78 is 0. The van der Waals surface area contributed by atoms with Gasteiger partial charge in [0, 0.05) is 28.8 Å². The van der Waals surface area contributed by atoms with Crippen molar-refractivity contribution in [1.29, 1.82) is 0 Å². The highest BCUT2D eigenvalue weighted by molar-refractivity contribution is 6.12. The van der Waals surface area contributed by atoms with Crippen molar-refractivity contribution in [3.63, 3.8) is 0 Å². The Labute approximate surface area is 189 Å². The first-order valence-corrected chi connectivity index (χ1v) is 11.3. The van der Waals surface area contributed by atoms with E-state index in [-0.39, 0.29) is 23.7 Å². The molecule has 1 amide bonds. The van der Waals surface area contributed by atoms with E-state index in [9.17, 15) is 9.59 Å². The van der Waals surface area contributed by atoms with E-state index in [1.165, 1.54) is 0 Å². The molecule has 0 bridgehead atoms. The molecule has 4 heteroatoms. The maximum atomic E-state index is 14.2. The molecule has 4 nitrogen and oxygen atoms in total. The van der Waals surface area contributed by atoms with Gasteiger partial charge in [0.15, 0.2) is 5.78 Å². The minimum atomic E-state index is -1.09. The lowest BCUT2D eigenvalue weighted by Crippen LogP contribution is -2.51. The summed E-state index contributed by atoms with van der Waals surface area (Å²) in [5.41, 5.74) is 2.29. The van der Waals surface area contributed by atoms with Crippen LogP contribution in [-0.4, -0.2) is 17.7 Å². The van der Waals surface area contributed by atoms with Crippen molar-refractivity contribution in [2.24, 2.45) is 11.8 Å². The molecule has 1 spiro atoms. The molecule has 3 aromatic rings. The van der Waals surface area contributed by atoms with Crippen LogP contribution in [0.3, 0.4) is 0 Å². The number of rotatable bonds is 5. The number of hydrogen-bond donors (Lipinski definition) is 2. The number of hydrogen-bond acceptors (Lipinski definition) is 3. The minimum absolute atomic E-state index is 0.00469. The molecule has 5 rings (SSSR count). The zero-order valence-electron chi connectivity index (χ0n) is 18.4. The Morgan fingerprint density at radius 3 is 2.22 bits per heavy atom. The molecule has 0 saturated carbocycles. The number of carbonyl (C=O) groups is 2. The molecule has 162 valence electrons. The van der Waals surface area contributed by atoms with Crippen LogP contribution in [0.4, 0.5) is 5.69 Å². The third-order valence-electron chi connectivity index (χ3n) is 6.88. The molecule has 2 N–H and O–H groups in total. The second kappa shape index (κ2) is 8.03. The summed E-state index contributed by atoms with van der Waals surface area (Å²) in [6.45, 7) is 4.37. The van der Waals surface area contributed by atoms with Gasteiger partial charge in [0.1, 0.15) is 5.54 Å². The van der Waals surface area contributed by atoms with Crippen LogP contribution in [-0.2, 0) is 10.3 Å². The Balaban J connectivity index is 1.74. The third kappa shape index (κ3) is 3.18. The Morgan fingerprint density at radius 1 is 0.906 bits per heavy atom. The first kappa shape index (κ1) is 20.7. The Bertz CT molecular complexity index is 1140. The normalized spacial score (nSPS) is 26.3. The highest BCUT2D eigenvalue weighted by Gasteiger charge is 2.64. The largest absolute Gasteiger partial charge is 0.324 e. The molecule has 0 aromatic heterocycles. The predicted molar refractivity (Wildman–Crippen MR) is 127 cm³/mol. The van der Waals surface area contributed by atoms with Gasteiger partial charge >= 0.3 is 0 Å². The molecule has 0 radical (unpaired) electrons. The third-order valence-corrected chi connectivity index (χ3v) is 6.88. The fraction of sp³-hybridized carbons (Fsp3) is 0.286. The topological polar surface area (TPSA) is 58.2 Å². The van der Waals surface area contributed by atoms with Crippen LogP contribution in [0.15, 0.2) is 84.9 Å². The SMILES string of the molecule is CC(C)C[C@@H]1N[C@@]2(C(=O)Nc3ccccc32)[C@H](C(=O)c2ccccc2)[C@H]1c1ccccc1. The van der Waals surface area contributed by atoms with E-state index in [2.05, 4.69) is 36.6 Å². The molecular weight excluding hydrogens is 396 g/mol. The first-order chi connectivity index (χ1) is 15.5. The van der Waals surface area contributed by atoms with E-state index in [1.807, 2.05) is 72.8 Å². The number of nitrogens with one attached hydrogen (secondary N) is 2. The van der Waals surface area contributed by atoms with Crippen LogP contribution in [0.25, 0.3) is 0 Å². The summed E-state index contributed by atoms with van der Waals surface area (Å²) in [4.78, 5) is 27.8. The summed E-state index contributed by atoms with van der Waals surface area (Å²) in [6, 6.07) is 27.3. The van der Waals surface area contributed by atoms with E-state index < -0.39 is 11.5 Å². The summed E-state index contributed by atoms with van der Waals surface area (Å²) in [6.07, 6.45) is 0.870. The van der Waals surface area contributed by atoms with Gasteiger partial charge in [0.05, 0.1) is 5.92 Å². The van der Waals surface area contributed by atoms with Crippen molar-refractivity contribution in [2.45, 2.75) is 37.8 Å². The highest BCUT2D eigenvalue weighted by Crippen LogP contribution is 2.54. The maximum absolute atomic E-state index is 14.2. The van der Waals surface area contributed by atoms with Crippen molar-refractivity contribution in [3.05, 3.63) is 102 Å². The molecule has 2 heterocycles. The van der Waals surface area contributed by atoms with E-state index in [4.69, 9.17) is 0 Å². The van der Waals surface area contributed by atoms with E-state index in [1.54, 1.807) is 0 Å². The second-order valence-corrected chi connectivity index (χ2v) is 9.33. The Kier molecular flexibility index (Phi) is 5.18. The summed E-state index contributed by atoms with van der Waals surface area (Å²) >= 11 is 0. The monoisotopic (exact) mass is 424 g/mol. The molecule has 0 unspecified atom stereocenters. The van der Waals surface area contributed by atoms with Gasteiger partial charge in [0.2, 0.25) is 5.91 Å². The summed E-state index contributed by atoms with van der Waals surface area (Å²) in [5.74, 6) is -0.394. The van der Waals surface area contributed by atoms with Crippen molar-refractivity contribution in [1.82, 2.24) is 5.32 Å². The Hall–Kier alpha value is -3.24. The van der Waals surface area contributed by atoms with Crippen molar-refractivity contribution < 1.29 is 9.59 Å². The van der Waals surface area contributed by atoms with Gasteiger partial charge in [-0.2, -0.15) is 0 Å². The molecule has 2 aliphatic heterocycles. The standard InChI is InChI=1S/C28H28N2O2/c1-18(2)17-23-24(19-11-5-3-6-12-19)25(26(31)20-13-7-4-8-14-20)28(30-23)21-15-9-10-16-22(21)29-27(28)32/h3-16,18,23-25,30H,17H2,1-2H3,(H,29,32)/t23-,24-,25-,28+/m0/s1. The van der Waals surface area contributed by atoms with Gasteiger partial charge in [-0.05, 0) is 24.0 Å². The highest BCUT2D eigenvalue weighted by atomic mass is 16.2. The lowest BCUT2D eigenvalue weighted by atomic mass is 9.69. The van der Waals surface area contributed by atoms with Gasteiger partial charge in [-0.25, -0.2) is 0 Å². The fourth-order valence-corrected chi connectivity index (χ4v) is 5.66. The van der Waals surface area contributed by atoms with Crippen LogP contribution in [0, 0.1) is 11.8 Å².